The van der Waals surface area contributed by atoms with Crippen LogP contribution in [0.1, 0.15) is 31.9 Å². The maximum atomic E-state index is 4.32. The van der Waals surface area contributed by atoms with Gasteiger partial charge in [-0.1, -0.05) is 19.8 Å². The SMILES string of the molecule is CCCCCNC(=NC)N(C)Cc1cccn1C. The van der Waals surface area contributed by atoms with Crippen molar-refractivity contribution in [3.63, 3.8) is 0 Å². The van der Waals surface area contributed by atoms with Gasteiger partial charge in [0.15, 0.2) is 5.96 Å². The molecule has 18 heavy (non-hydrogen) atoms. The number of rotatable bonds is 6. The summed E-state index contributed by atoms with van der Waals surface area (Å²) in [6.07, 6.45) is 5.79. The van der Waals surface area contributed by atoms with Gasteiger partial charge >= 0.3 is 0 Å². The summed E-state index contributed by atoms with van der Waals surface area (Å²) in [5.74, 6) is 0.965. The first-order chi connectivity index (χ1) is 8.69. The quantitative estimate of drug-likeness (QED) is 0.477. The van der Waals surface area contributed by atoms with E-state index in [1.54, 1.807) is 0 Å². The molecule has 0 saturated heterocycles. The van der Waals surface area contributed by atoms with Crippen molar-refractivity contribution in [2.75, 3.05) is 20.6 Å². The Morgan fingerprint density at radius 1 is 1.44 bits per heavy atom. The molecular weight excluding hydrogens is 224 g/mol. The van der Waals surface area contributed by atoms with Crippen molar-refractivity contribution in [1.29, 1.82) is 0 Å². The molecule has 0 aliphatic carbocycles. The fourth-order valence-corrected chi connectivity index (χ4v) is 1.94. The van der Waals surface area contributed by atoms with Gasteiger partial charge < -0.3 is 14.8 Å². The van der Waals surface area contributed by atoms with Gasteiger partial charge in [-0.05, 0) is 18.6 Å². The van der Waals surface area contributed by atoms with Crippen molar-refractivity contribution in [2.24, 2.45) is 12.0 Å². The van der Waals surface area contributed by atoms with E-state index in [0.29, 0.717) is 0 Å². The number of aromatic nitrogens is 1. The van der Waals surface area contributed by atoms with Crippen LogP contribution in [0.2, 0.25) is 0 Å². The predicted octanol–water partition coefficient (Wildman–Crippen LogP) is 2.22. The van der Waals surface area contributed by atoms with Gasteiger partial charge in [-0.15, -0.1) is 0 Å². The molecule has 0 radical (unpaired) electrons. The number of hydrogen-bond donors (Lipinski definition) is 1. The Kier molecular flexibility index (Phi) is 6.33. The third kappa shape index (κ3) is 4.43. The second-order valence-corrected chi connectivity index (χ2v) is 4.65. The Morgan fingerprint density at radius 3 is 2.78 bits per heavy atom. The van der Waals surface area contributed by atoms with Crippen LogP contribution in [-0.4, -0.2) is 36.1 Å². The molecule has 0 unspecified atom stereocenters. The summed E-state index contributed by atoms with van der Waals surface area (Å²) in [7, 11) is 5.98. The molecule has 0 aliphatic heterocycles. The van der Waals surface area contributed by atoms with Gasteiger partial charge in [0.1, 0.15) is 0 Å². The molecule has 1 N–H and O–H groups in total. The Labute approximate surface area is 111 Å². The van der Waals surface area contributed by atoms with Gasteiger partial charge in [0.2, 0.25) is 0 Å². The van der Waals surface area contributed by atoms with Crippen molar-refractivity contribution >= 4 is 5.96 Å². The molecule has 0 bridgehead atoms. The van der Waals surface area contributed by atoms with Crippen molar-refractivity contribution in [2.45, 2.75) is 32.7 Å². The van der Waals surface area contributed by atoms with Crippen molar-refractivity contribution in [3.05, 3.63) is 24.0 Å². The average molecular weight is 250 g/mol. The van der Waals surface area contributed by atoms with Crippen molar-refractivity contribution < 1.29 is 0 Å². The molecule has 0 fully saturated rings. The Balaban J connectivity index is 2.43. The Morgan fingerprint density at radius 2 is 2.22 bits per heavy atom. The molecule has 1 aromatic heterocycles. The van der Waals surface area contributed by atoms with E-state index >= 15 is 0 Å². The minimum atomic E-state index is 0.872. The van der Waals surface area contributed by atoms with Gasteiger partial charge in [0.25, 0.3) is 0 Å². The first-order valence-electron chi connectivity index (χ1n) is 6.71. The smallest absolute Gasteiger partial charge is 0.193 e. The molecule has 4 heteroatoms. The summed E-state index contributed by atoms with van der Waals surface area (Å²) in [4.78, 5) is 6.47. The lowest BCUT2D eigenvalue weighted by Crippen LogP contribution is -2.39. The van der Waals surface area contributed by atoms with E-state index in [2.05, 4.69) is 59.1 Å². The topological polar surface area (TPSA) is 32.6 Å². The fourth-order valence-electron chi connectivity index (χ4n) is 1.94. The molecule has 0 atom stereocenters. The number of aliphatic imine (C=N–C) groups is 1. The molecule has 0 amide bonds. The van der Waals surface area contributed by atoms with Crippen molar-refractivity contribution in [1.82, 2.24) is 14.8 Å². The van der Waals surface area contributed by atoms with Gasteiger partial charge in [-0.25, -0.2) is 0 Å². The van der Waals surface area contributed by atoms with E-state index in [1.165, 1.54) is 25.0 Å². The average Bonchev–Trinajstić information content (AvgIpc) is 2.75. The monoisotopic (exact) mass is 250 g/mol. The second-order valence-electron chi connectivity index (χ2n) is 4.65. The molecular formula is C14H26N4. The van der Waals surface area contributed by atoms with E-state index in [0.717, 1.165) is 19.0 Å². The molecule has 4 nitrogen and oxygen atoms in total. The zero-order chi connectivity index (χ0) is 13.4. The van der Waals surface area contributed by atoms with E-state index in [9.17, 15) is 0 Å². The van der Waals surface area contributed by atoms with Crippen LogP contribution in [-0.2, 0) is 13.6 Å². The van der Waals surface area contributed by atoms with Crippen molar-refractivity contribution in [3.8, 4) is 0 Å². The lowest BCUT2D eigenvalue weighted by molar-refractivity contribution is 0.460. The number of nitrogens with one attached hydrogen (secondary N) is 1. The number of hydrogen-bond acceptors (Lipinski definition) is 1. The van der Waals surface area contributed by atoms with E-state index in [-0.39, 0.29) is 0 Å². The minimum absolute atomic E-state index is 0.872. The number of nitrogens with zero attached hydrogens (tertiary/aromatic N) is 3. The van der Waals surface area contributed by atoms with E-state index in [4.69, 9.17) is 0 Å². The summed E-state index contributed by atoms with van der Waals surface area (Å²) in [6.45, 7) is 4.09. The molecule has 0 aliphatic rings. The summed E-state index contributed by atoms with van der Waals surface area (Å²) >= 11 is 0. The van der Waals surface area contributed by atoms with Crippen LogP contribution in [0.3, 0.4) is 0 Å². The third-order valence-corrected chi connectivity index (χ3v) is 3.09. The molecule has 1 heterocycles. The van der Waals surface area contributed by atoms with Gasteiger partial charge in [0.05, 0.1) is 6.54 Å². The number of unbranched alkanes of at least 4 members (excludes halogenated alkanes) is 2. The lowest BCUT2D eigenvalue weighted by Gasteiger charge is -2.22. The molecule has 1 rings (SSSR count). The van der Waals surface area contributed by atoms with Crippen LogP contribution in [0.25, 0.3) is 0 Å². The standard InChI is InChI=1S/C14H26N4/c1-5-6-7-10-16-14(15-2)18(4)12-13-9-8-11-17(13)3/h8-9,11H,5-7,10,12H2,1-4H3,(H,15,16). The van der Waals surface area contributed by atoms with Gasteiger partial charge in [0, 0.05) is 39.6 Å². The van der Waals surface area contributed by atoms with Crippen LogP contribution in [0.4, 0.5) is 0 Å². The predicted molar refractivity (Wildman–Crippen MR) is 77.8 cm³/mol. The highest BCUT2D eigenvalue weighted by Crippen LogP contribution is 2.03. The largest absolute Gasteiger partial charge is 0.356 e. The third-order valence-electron chi connectivity index (χ3n) is 3.09. The van der Waals surface area contributed by atoms with Crippen LogP contribution < -0.4 is 5.32 Å². The Hall–Kier alpha value is -1.45. The summed E-state index contributed by atoms with van der Waals surface area (Å²) in [5.41, 5.74) is 1.29. The Bertz CT molecular complexity index is 368. The van der Waals surface area contributed by atoms with Crippen LogP contribution in [0.5, 0.6) is 0 Å². The lowest BCUT2D eigenvalue weighted by atomic mass is 10.2. The molecule has 0 saturated carbocycles. The highest BCUT2D eigenvalue weighted by Gasteiger charge is 2.07. The fraction of sp³-hybridized carbons (Fsp3) is 0.643. The highest BCUT2D eigenvalue weighted by molar-refractivity contribution is 5.79. The van der Waals surface area contributed by atoms with Crippen LogP contribution >= 0.6 is 0 Å². The number of guanidine groups is 1. The maximum Gasteiger partial charge on any atom is 0.193 e. The van der Waals surface area contributed by atoms with Gasteiger partial charge in [-0.3, -0.25) is 4.99 Å². The van der Waals surface area contributed by atoms with Gasteiger partial charge in [-0.2, -0.15) is 0 Å². The summed E-state index contributed by atoms with van der Waals surface area (Å²) < 4.78 is 2.14. The summed E-state index contributed by atoms with van der Waals surface area (Å²) in [5, 5.41) is 3.40. The van der Waals surface area contributed by atoms with E-state index in [1.807, 2.05) is 7.05 Å². The first-order valence-corrected chi connectivity index (χ1v) is 6.71. The molecule has 0 spiro atoms. The molecule has 1 aromatic rings. The van der Waals surface area contributed by atoms with Crippen LogP contribution in [0, 0.1) is 0 Å². The zero-order valence-corrected chi connectivity index (χ0v) is 12.1. The molecule has 0 aromatic carbocycles. The first kappa shape index (κ1) is 14.6. The minimum Gasteiger partial charge on any atom is -0.356 e. The molecule has 102 valence electrons. The maximum absolute atomic E-state index is 4.32. The highest BCUT2D eigenvalue weighted by atomic mass is 15.3. The summed E-state index contributed by atoms with van der Waals surface area (Å²) in [6, 6.07) is 4.21. The van der Waals surface area contributed by atoms with E-state index < -0.39 is 0 Å². The zero-order valence-electron chi connectivity index (χ0n) is 12.1. The normalized spacial score (nSPS) is 11.7. The number of aryl methyl sites for hydroxylation is 1. The van der Waals surface area contributed by atoms with Crippen LogP contribution in [0.15, 0.2) is 23.3 Å². The second kappa shape index (κ2) is 7.80.